The number of hydrogen-bond donors (Lipinski definition) is 2. The molecule has 0 spiro atoms. The van der Waals surface area contributed by atoms with E-state index in [4.69, 9.17) is 10.8 Å². The molecule has 0 radical (unpaired) electrons. The summed E-state index contributed by atoms with van der Waals surface area (Å²) in [6.45, 7) is 1.63. The van der Waals surface area contributed by atoms with Crippen LogP contribution in [0.4, 0.5) is 0 Å². The van der Waals surface area contributed by atoms with Gasteiger partial charge in [-0.1, -0.05) is 30.3 Å². The summed E-state index contributed by atoms with van der Waals surface area (Å²) in [5, 5.41) is 9.07. The fourth-order valence-electron chi connectivity index (χ4n) is 2.51. The fraction of sp³-hybridized carbons (Fsp3) is 0.533. The Kier molecular flexibility index (Phi) is 4.93. The molecule has 0 aromatic heterocycles. The summed E-state index contributed by atoms with van der Waals surface area (Å²) in [5.74, 6) is 0.411. The van der Waals surface area contributed by atoms with Crippen LogP contribution in [-0.4, -0.2) is 35.6 Å². The van der Waals surface area contributed by atoms with Crippen LogP contribution < -0.4 is 5.73 Å². The molecule has 1 aliphatic heterocycles. The second-order valence-corrected chi connectivity index (χ2v) is 5.23. The van der Waals surface area contributed by atoms with Gasteiger partial charge in [-0.3, -0.25) is 4.79 Å². The number of hydrogen-bond acceptors (Lipinski definition) is 3. The highest BCUT2D eigenvalue weighted by Crippen LogP contribution is 2.19. The molecule has 1 aromatic carbocycles. The number of carbonyl (C=O) groups excluding carboxylic acids is 1. The first-order valence-corrected chi connectivity index (χ1v) is 6.90. The molecule has 2 unspecified atom stereocenters. The van der Waals surface area contributed by atoms with E-state index in [0.29, 0.717) is 19.4 Å². The first-order chi connectivity index (χ1) is 9.20. The summed E-state index contributed by atoms with van der Waals surface area (Å²) in [7, 11) is 0. The first-order valence-electron chi connectivity index (χ1n) is 6.90. The molecule has 1 aliphatic rings. The highest BCUT2D eigenvalue weighted by Gasteiger charge is 2.25. The number of likely N-dealkylation sites (tertiary alicyclic amines) is 1. The van der Waals surface area contributed by atoms with Crippen LogP contribution in [-0.2, 0) is 4.79 Å². The normalized spacial score (nSPS) is 20.5. The van der Waals surface area contributed by atoms with Crippen molar-refractivity contribution >= 4 is 5.91 Å². The van der Waals surface area contributed by atoms with Gasteiger partial charge in [-0.05, 0) is 18.4 Å². The molecule has 1 aromatic rings. The van der Waals surface area contributed by atoms with Gasteiger partial charge in [0.05, 0.1) is 0 Å². The zero-order chi connectivity index (χ0) is 13.7. The van der Waals surface area contributed by atoms with Gasteiger partial charge in [0.15, 0.2) is 0 Å². The van der Waals surface area contributed by atoms with E-state index in [1.165, 1.54) is 0 Å². The van der Waals surface area contributed by atoms with Gasteiger partial charge in [0.25, 0.3) is 0 Å². The number of nitrogens with two attached hydrogens (primary N) is 1. The summed E-state index contributed by atoms with van der Waals surface area (Å²) in [5.41, 5.74) is 7.16. The first kappa shape index (κ1) is 14.0. The van der Waals surface area contributed by atoms with E-state index < -0.39 is 0 Å². The van der Waals surface area contributed by atoms with Gasteiger partial charge in [-0.25, -0.2) is 0 Å². The number of amides is 1. The molecule has 2 atom stereocenters. The molecular formula is C15H22N2O2. The summed E-state index contributed by atoms with van der Waals surface area (Å²) >= 11 is 0. The highest BCUT2D eigenvalue weighted by molar-refractivity contribution is 5.76. The van der Waals surface area contributed by atoms with Gasteiger partial charge in [-0.15, -0.1) is 0 Å². The third-order valence-electron chi connectivity index (χ3n) is 3.79. The summed E-state index contributed by atoms with van der Waals surface area (Å²) in [6, 6.07) is 9.79. The van der Waals surface area contributed by atoms with Crippen LogP contribution in [0, 0.1) is 5.92 Å². The standard InChI is InChI=1S/C15H22N2O2/c16-14(13-4-2-1-3-5-13)6-7-15(19)17-9-8-12(10-17)11-18/h1-5,12,14,18H,6-11,16H2. The SMILES string of the molecule is NC(CCC(=O)N1CCC(CO)C1)c1ccccc1. The third kappa shape index (κ3) is 3.78. The number of nitrogens with zero attached hydrogens (tertiary/aromatic N) is 1. The summed E-state index contributed by atoms with van der Waals surface area (Å²) in [6.07, 6.45) is 2.06. The molecule has 1 saturated heterocycles. The number of aliphatic hydroxyl groups is 1. The van der Waals surface area contributed by atoms with Crippen molar-refractivity contribution in [2.24, 2.45) is 11.7 Å². The molecule has 0 saturated carbocycles. The minimum absolute atomic E-state index is 0.0820. The quantitative estimate of drug-likeness (QED) is 0.840. The molecule has 1 fully saturated rings. The summed E-state index contributed by atoms with van der Waals surface area (Å²) in [4.78, 5) is 13.9. The maximum Gasteiger partial charge on any atom is 0.222 e. The molecule has 0 bridgehead atoms. The van der Waals surface area contributed by atoms with Gasteiger partial charge >= 0.3 is 0 Å². The van der Waals surface area contributed by atoms with E-state index in [1.54, 1.807) is 0 Å². The van der Waals surface area contributed by atoms with Gasteiger partial charge in [0.2, 0.25) is 5.91 Å². The average Bonchev–Trinajstić information content (AvgIpc) is 2.94. The van der Waals surface area contributed by atoms with E-state index >= 15 is 0 Å². The average molecular weight is 262 g/mol. The zero-order valence-corrected chi connectivity index (χ0v) is 11.2. The van der Waals surface area contributed by atoms with Gasteiger partial charge in [0.1, 0.15) is 0 Å². The minimum Gasteiger partial charge on any atom is -0.396 e. The largest absolute Gasteiger partial charge is 0.396 e. The molecule has 4 nitrogen and oxygen atoms in total. The second-order valence-electron chi connectivity index (χ2n) is 5.23. The van der Waals surface area contributed by atoms with Crippen molar-refractivity contribution in [2.75, 3.05) is 19.7 Å². The number of carbonyl (C=O) groups is 1. The van der Waals surface area contributed by atoms with Crippen molar-refractivity contribution in [1.82, 2.24) is 4.90 Å². The van der Waals surface area contributed by atoms with Crippen LogP contribution in [0.5, 0.6) is 0 Å². The Balaban J connectivity index is 1.78. The predicted octanol–water partition coefficient (Wildman–Crippen LogP) is 1.31. The Morgan fingerprint density at radius 3 is 2.79 bits per heavy atom. The Morgan fingerprint density at radius 2 is 2.16 bits per heavy atom. The Labute approximate surface area is 114 Å². The number of aliphatic hydroxyl groups excluding tert-OH is 1. The predicted molar refractivity (Wildman–Crippen MR) is 74.4 cm³/mol. The lowest BCUT2D eigenvalue weighted by atomic mass is 10.0. The topological polar surface area (TPSA) is 66.6 Å². The molecular weight excluding hydrogens is 240 g/mol. The van der Waals surface area contributed by atoms with Crippen LogP contribution in [0.2, 0.25) is 0 Å². The van der Waals surface area contributed by atoms with E-state index in [2.05, 4.69) is 0 Å². The van der Waals surface area contributed by atoms with Crippen molar-refractivity contribution in [3.8, 4) is 0 Å². The zero-order valence-electron chi connectivity index (χ0n) is 11.2. The number of benzene rings is 1. The van der Waals surface area contributed by atoms with Crippen molar-refractivity contribution in [2.45, 2.75) is 25.3 Å². The second kappa shape index (κ2) is 6.68. The van der Waals surface area contributed by atoms with Crippen LogP contribution in [0.3, 0.4) is 0 Å². The maximum absolute atomic E-state index is 12.0. The van der Waals surface area contributed by atoms with E-state index in [1.807, 2.05) is 35.2 Å². The van der Waals surface area contributed by atoms with Crippen LogP contribution in [0.25, 0.3) is 0 Å². The Hall–Kier alpha value is -1.39. The van der Waals surface area contributed by atoms with Gasteiger partial charge in [0, 0.05) is 38.1 Å². The Morgan fingerprint density at radius 1 is 1.42 bits per heavy atom. The lowest BCUT2D eigenvalue weighted by Gasteiger charge is -2.18. The van der Waals surface area contributed by atoms with Crippen molar-refractivity contribution < 1.29 is 9.90 Å². The van der Waals surface area contributed by atoms with Crippen LogP contribution >= 0.6 is 0 Å². The van der Waals surface area contributed by atoms with Crippen molar-refractivity contribution in [3.63, 3.8) is 0 Å². The fourth-order valence-corrected chi connectivity index (χ4v) is 2.51. The van der Waals surface area contributed by atoms with Crippen molar-refractivity contribution in [1.29, 1.82) is 0 Å². The summed E-state index contributed by atoms with van der Waals surface area (Å²) < 4.78 is 0. The maximum atomic E-state index is 12.0. The Bertz CT molecular complexity index is 408. The smallest absolute Gasteiger partial charge is 0.222 e. The van der Waals surface area contributed by atoms with E-state index in [9.17, 15) is 4.79 Å². The lowest BCUT2D eigenvalue weighted by Crippen LogP contribution is -2.29. The van der Waals surface area contributed by atoms with Gasteiger partial charge in [-0.2, -0.15) is 0 Å². The third-order valence-corrected chi connectivity index (χ3v) is 3.79. The monoisotopic (exact) mass is 262 g/mol. The molecule has 2 rings (SSSR count). The molecule has 19 heavy (non-hydrogen) atoms. The number of rotatable bonds is 5. The molecule has 1 heterocycles. The minimum atomic E-state index is -0.0820. The van der Waals surface area contributed by atoms with Gasteiger partial charge < -0.3 is 15.7 Å². The molecule has 0 aliphatic carbocycles. The van der Waals surface area contributed by atoms with E-state index in [0.717, 1.165) is 18.5 Å². The molecule has 104 valence electrons. The van der Waals surface area contributed by atoms with E-state index in [-0.39, 0.29) is 24.5 Å². The van der Waals surface area contributed by atoms with Crippen molar-refractivity contribution in [3.05, 3.63) is 35.9 Å². The molecule has 4 heteroatoms. The lowest BCUT2D eigenvalue weighted by molar-refractivity contribution is -0.130. The molecule has 3 N–H and O–H groups in total. The van der Waals surface area contributed by atoms with Crippen LogP contribution in [0.15, 0.2) is 30.3 Å². The highest BCUT2D eigenvalue weighted by atomic mass is 16.3. The van der Waals surface area contributed by atoms with Crippen LogP contribution in [0.1, 0.15) is 30.9 Å². The molecule has 1 amide bonds.